The molecule has 0 N–H and O–H groups in total. The van der Waals surface area contributed by atoms with Gasteiger partial charge in [-0.2, -0.15) is 0 Å². The molecule has 0 amide bonds. The van der Waals surface area contributed by atoms with Gasteiger partial charge in [0.2, 0.25) is 0 Å². The first kappa shape index (κ1) is 16.7. The summed E-state index contributed by atoms with van der Waals surface area (Å²) < 4.78 is 6.29. The maximum Gasteiger partial charge on any atom is 0.307 e. The lowest BCUT2D eigenvalue weighted by molar-refractivity contribution is -0.464. The van der Waals surface area contributed by atoms with Crippen molar-refractivity contribution in [3.8, 4) is 0 Å². The Labute approximate surface area is 133 Å². The molecule has 0 radical (unpaired) electrons. The van der Waals surface area contributed by atoms with Crippen LogP contribution in [0.1, 0.15) is 26.0 Å². The van der Waals surface area contributed by atoms with Gasteiger partial charge in [-0.1, -0.05) is 26.0 Å². The number of esters is 1. The predicted molar refractivity (Wildman–Crippen MR) is 86.9 cm³/mol. The zero-order valence-corrected chi connectivity index (χ0v) is 13.1. The normalized spacial score (nSPS) is 11.4. The molecular weight excluding hydrogens is 298 g/mol. The van der Waals surface area contributed by atoms with Gasteiger partial charge in [0.15, 0.2) is 0 Å². The van der Waals surface area contributed by atoms with Crippen molar-refractivity contribution in [2.75, 3.05) is 13.2 Å². The Balaban J connectivity index is 2.03. The summed E-state index contributed by atoms with van der Waals surface area (Å²) in [6, 6.07) is 6.51. The summed E-state index contributed by atoms with van der Waals surface area (Å²) in [4.78, 5) is 27.3. The number of hydrogen-bond donors (Lipinski definition) is 0. The van der Waals surface area contributed by atoms with Gasteiger partial charge in [-0.15, -0.1) is 0 Å². The lowest BCUT2D eigenvalue weighted by Crippen LogP contribution is -2.20. The lowest BCUT2D eigenvalue weighted by atomic mass is 10.2. The second-order valence-corrected chi connectivity index (χ2v) is 5.52. The maximum atomic E-state index is 12.2. The van der Waals surface area contributed by atoms with E-state index in [1.807, 2.05) is 13.8 Å². The zero-order valence-electron chi connectivity index (χ0n) is 13.1. The third-order valence-electron chi connectivity index (χ3n) is 3.07. The van der Waals surface area contributed by atoms with Crippen LogP contribution in [0.5, 0.6) is 0 Å². The Kier molecular flexibility index (Phi) is 5.46. The summed E-state index contributed by atoms with van der Waals surface area (Å²) in [7, 11) is 0. The van der Waals surface area contributed by atoms with Crippen molar-refractivity contribution in [1.29, 1.82) is 0 Å². The SMILES string of the molecule is CC(C)COC(=O)CCN=Cc1c[n+](=O)c2ccccc2n1[O-]. The number of ether oxygens (including phenoxy) is 1. The topological polar surface area (TPSA) is 89.6 Å². The van der Waals surface area contributed by atoms with Gasteiger partial charge >= 0.3 is 5.97 Å². The van der Waals surface area contributed by atoms with Crippen LogP contribution in [0.3, 0.4) is 0 Å². The molecule has 23 heavy (non-hydrogen) atoms. The van der Waals surface area contributed by atoms with Crippen molar-refractivity contribution < 1.29 is 14.0 Å². The minimum Gasteiger partial charge on any atom is -0.805 e. The molecule has 0 spiro atoms. The average Bonchev–Trinajstić information content (AvgIpc) is 2.54. The van der Waals surface area contributed by atoms with E-state index in [-0.39, 0.29) is 41.6 Å². The number of nitrogens with zero attached hydrogens (tertiary/aromatic N) is 3. The third-order valence-corrected chi connectivity index (χ3v) is 3.07. The molecule has 0 saturated carbocycles. The van der Waals surface area contributed by atoms with Crippen molar-refractivity contribution >= 4 is 23.2 Å². The van der Waals surface area contributed by atoms with Gasteiger partial charge in [0.05, 0.1) is 23.7 Å². The molecule has 0 fully saturated rings. The molecule has 7 heteroatoms. The molecule has 0 unspecified atom stereocenters. The van der Waals surface area contributed by atoms with E-state index in [4.69, 9.17) is 4.74 Å². The number of carbonyl (C=O) groups is 1. The number of hydrogen-bond acceptors (Lipinski definition) is 5. The molecule has 0 aliphatic carbocycles. The van der Waals surface area contributed by atoms with E-state index in [1.54, 1.807) is 24.3 Å². The van der Waals surface area contributed by atoms with Gasteiger partial charge in [0.1, 0.15) is 11.2 Å². The van der Waals surface area contributed by atoms with Crippen LogP contribution in [0.4, 0.5) is 0 Å². The van der Waals surface area contributed by atoms with Gasteiger partial charge in [-0.25, -0.2) is 0 Å². The molecule has 1 heterocycles. The van der Waals surface area contributed by atoms with Crippen LogP contribution in [0.15, 0.2) is 35.5 Å². The summed E-state index contributed by atoms with van der Waals surface area (Å²) in [5, 5.41) is 12.2. The van der Waals surface area contributed by atoms with E-state index in [9.17, 15) is 14.9 Å². The van der Waals surface area contributed by atoms with E-state index in [2.05, 4.69) is 4.99 Å². The van der Waals surface area contributed by atoms with Crippen LogP contribution in [0.2, 0.25) is 0 Å². The standard InChI is InChI=1S/C16H19N3O4/c1-12(2)11-23-16(20)7-8-17-9-13-10-18(21)14-5-3-4-6-15(14)19(13)22/h3-6,9-10,12H,7-8,11H2,1-2H3. The molecule has 0 bridgehead atoms. The number of rotatable bonds is 6. The van der Waals surface area contributed by atoms with Crippen molar-refractivity contribution in [1.82, 2.24) is 4.73 Å². The number of benzene rings is 1. The largest absolute Gasteiger partial charge is 0.805 e. The molecule has 0 atom stereocenters. The molecule has 122 valence electrons. The maximum absolute atomic E-state index is 12.2. The zero-order chi connectivity index (χ0) is 16.8. The monoisotopic (exact) mass is 317 g/mol. The van der Waals surface area contributed by atoms with Crippen molar-refractivity contribution in [3.05, 3.63) is 46.3 Å². The Morgan fingerprint density at radius 3 is 2.91 bits per heavy atom. The summed E-state index contributed by atoms with van der Waals surface area (Å²) in [5.74, 6) is -0.0461. The highest BCUT2D eigenvalue weighted by molar-refractivity contribution is 5.82. The van der Waals surface area contributed by atoms with Crippen molar-refractivity contribution in [2.24, 2.45) is 10.9 Å². The predicted octanol–water partition coefficient (Wildman–Crippen LogP) is 1.91. The van der Waals surface area contributed by atoms with Crippen LogP contribution in [-0.2, 0) is 9.53 Å². The second-order valence-electron chi connectivity index (χ2n) is 5.52. The molecule has 2 rings (SSSR count). The van der Waals surface area contributed by atoms with E-state index < -0.39 is 0 Å². The smallest absolute Gasteiger partial charge is 0.307 e. The van der Waals surface area contributed by atoms with Gasteiger partial charge in [-0.05, 0) is 12.0 Å². The van der Waals surface area contributed by atoms with E-state index in [0.717, 1.165) is 6.20 Å². The Hall–Kier alpha value is -2.70. The summed E-state index contributed by atoms with van der Waals surface area (Å²) >= 11 is 0. The lowest BCUT2D eigenvalue weighted by Gasteiger charge is -2.13. The molecule has 0 aliphatic heterocycles. The summed E-state index contributed by atoms with van der Waals surface area (Å²) in [5.41, 5.74) is 0.675. The van der Waals surface area contributed by atoms with Gasteiger partial charge in [0, 0.05) is 17.5 Å². The number of carbonyl (C=O) groups excluding carboxylic acids is 1. The van der Waals surface area contributed by atoms with Gasteiger partial charge in [-0.3, -0.25) is 9.79 Å². The molecular formula is C16H19N3O4. The summed E-state index contributed by atoms with van der Waals surface area (Å²) in [6.45, 7) is 4.49. The minimum atomic E-state index is -0.330. The third kappa shape index (κ3) is 4.38. The van der Waals surface area contributed by atoms with Gasteiger partial charge < -0.3 is 14.7 Å². The molecule has 0 saturated heterocycles. The first-order valence-corrected chi connectivity index (χ1v) is 7.39. The Morgan fingerprint density at radius 1 is 1.43 bits per heavy atom. The van der Waals surface area contributed by atoms with Crippen LogP contribution in [0.25, 0.3) is 11.0 Å². The highest BCUT2D eigenvalue weighted by Crippen LogP contribution is 2.09. The average molecular weight is 317 g/mol. The van der Waals surface area contributed by atoms with E-state index in [1.165, 1.54) is 6.21 Å². The van der Waals surface area contributed by atoms with E-state index in [0.29, 0.717) is 15.8 Å². The number of aromatic nitrogens is 2. The molecule has 7 nitrogen and oxygen atoms in total. The Bertz CT molecular complexity index is 780. The fraction of sp³-hybridized carbons (Fsp3) is 0.375. The fourth-order valence-corrected chi connectivity index (χ4v) is 1.93. The van der Waals surface area contributed by atoms with Gasteiger partial charge in [0.25, 0.3) is 11.7 Å². The van der Waals surface area contributed by atoms with Crippen molar-refractivity contribution in [2.45, 2.75) is 20.3 Å². The quantitative estimate of drug-likeness (QED) is 0.462. The molecule has 1 aromatic carbocycles. The van der Waals surface area contributed by atoms with Crippen LogP contribution >= 0.6 is 0 Å². The number of fused-ring (bicyclic) bond motifs is 1. The molecule has 1 aromatic heterocycles. The number of para-hydroxylation sites is 2. The highest BCUT2D eigenvalue weighted by Gasteiger charge is 2.09. The minimum absolute atomic E-state index is 0.120. The van der Waals surface area contributed by atoms with Crippen LogP contribution in [-0.4, -0.2) is 30.1 Å². The van der Waals surface area contributed by atoms with Crippen molar-refractivity contribution in [3.63, 3.8) is 0 Å². The number of aliphatic imine (C=N–C) groups is 1. The fourth-order valence-electron chi connectivity index (χ4n) is 1.93. The van der Waals surface area contributed by atoms with Crippen LogP contribution in [0, 0.1) is 16.0 Å². The Morgan fingerprint density at radius 2 is 2.17 bits per heavy atom. The van der Waals surface area contributed by atoms with E-state index >= 15 is 0 Å². The van der Waals surface area contributed by atoms with Crippen LogP contribution < -0.4 is 4.43 Å². The molecule has 0 aliphatic rings. The summed E-state index contributed by atoms with van der Waals surface area (Å²) in [6.07, 6.45) is 2.59. The first-order valence-electron chi connectivity index (χ1n) is 7.39. The molecule has 2 aromatic rings. The second kappa shape index (κ2) is 7.53. The first-order chi connectivity index (χ1) is 11.0. The highest BCUT2D eigenvalue weighted by atomic mass is 16.5.